The van der Waals surface area contributed by atoms with Crippen molar-refractivity contribution in [3.05, 3.63) is 0 Å². The SMILES string of the molecule is CC(C)O[Si](CCCNC(=O)OCCCOC(=O)NCCC[Si](OC(C)C)(O[SiH](C)C)O[SiH](C)C)(O[SiH](C)C)O[SiH](C)C. The summed E-state index contributed by atoms with van der Waals surface area (Å²) in [7, 11) is -11.1. The van der Waals surface area contributed by atoms with Crippen LogP contribution in [-0.4, -0.2) is 104 Å². The van der Waals surface area contributed by atoms with Crippen LogP contribution in [0.2, 0.25) is 64.5 Å². The number of nitrogens with one attached hydrogen (secondary N) is 2. The quantitative estimate of drug-likeness (QED) is 0.110. The maximum Gasteiger partial charge on any atom is 0.479 e. The van der Waals surface area contributed by atoms with Crippen molar-refractivity contribution in [3.8, 4) is 0 Å². The van der Waals surface area contributed by atoms with Gasteiger partial charge >= 0.3 is 29.8 Å². The summed E-state index contributed by atoms with van der Waals surface area (Å²) in [5.74, 6) is 0. The van der Waals surface area contributed by atoms with Gasteiger partial charge in [0.1, 0.15) is 0 Å². The first kappa shape index (κ1) is 42.6. The molecule has 0 rings (SSSR count). The summed E-state index contributed by atoms with van der Waals surface area (Å²) in [6.07, 6.45) is 0.751. The van der Waals surface area contributed by atoms with E-state index in [-0.39, 0.29) is 25.4 Å². The Morgan fingerprint density at radius 2 is 0.860 bits per heavy atom. The van der Waals surface area contributed by atoms with Crippen LogP contribution in [0.4, 0.5) is 9.59 Å². The highest BCUT2D eigenvalue weighted by molar-refractivity contribution is 6.76. The molecule has 0 atom stereocenters. The van der Waals surface area contributed by atoms with E-state index in [9.17, 15) is 9.59 Å². The van der Waals surface area contributed by atoms with Crippen molar-refractivity contribution < 1.29 is 44.4 Å². The highest BCUT2D eigenvalue weighted by Gasteiger charge is 2.43. The second-order valence-electron chi connectivity index (χ2n) is 12.1. The smallest absolute Gasteiger partial charge is 0.449 e. The Kier molecular flexibility index (Phi) is 22.8. The molecular weight excluding hydrogens is 657 g/mol. The molecule has 0 unspecified atom stereocenters. The van der Waals surface area contributed by atoms with Crippen LogP contribution in [0, 0.1) is 0 Å². The largest absolute Gasteiger partial charge is 0.479 e. The Morgan fingerprint density at radius 3 is 1.12 bits per heavy atom. The molecule has 0 bridgehead atoms. The van der Waals surface area contributed by atoms with E-state index < -0.39 is 66.0 Å². The van der Waals surface area contributed by atoms with Gasteiger partial charge in [-0.05, 0) is 92.9 Å². The second-order valence-corrected chi connectivity index (χ2v) is 28.4. The van der Waals surface area contributed by atoms with Crippen LogP contribution in [0.25, 0.3) is 0 Å². The molecule has 0 aromatic rings. The summed E-state index contributed by atoms with van der Waals surface area (Å²) in [4.78, 5) is 24.2. The van der Waals surface area contributed by atoms with Crippen molar-refractivity contribution in [2.24, 2.45) is 0 Å². The maximum absolute atomic E-state index is 12.1. The summed E-state index contributed by atoms with van der Waals surface area (Å²) in [5.41, 5.74) is 0. The van der Waals surface area contributed by atoms with Gasteiger partial charge in [-0.3, -0.25) is 0 Å². The lowest BCUT2D eigenvalue weighted by Crippen LogP contribution is -2.52. The lowest BCUT2D eigenvalue weighted by Gasteiger charge is -2.35. The van der Waals surface area contributed by atoms with E-state index in [1.54, 1.807) is 0 Å². The zero-order chi connectivity index (χ0) is 33.1. The van der Waals surface area contributed by atoms with Crippen molar-refractivity contribution in [3.63, 3.8) is 0 Å². The van der Waals surface area contributed by atoms with Crippen molar-refractivity contribution in [2.75, 3.05) is 26.3 Å². The minimum atomic E-state index is -2.78. The average Bonchev–Trinajstić information content (AvgIpc) is 2.81. The molecule has 0 radical (unpaired) electrons. The van der Waals surface area contributed by atoms with Crippen molar-refractivity contribution in [1.29, 1.82) is 0 Å². The lowest BCUT2D eigenvalue weighted by atomic mass is 10.5. The number of rotatable bonds is 24. The molecule has 18 heteroatoms. The molecule has 0 aliphatic rings. The van der Waals surface area contributed by atoms with Gasteiger partial charge in [0.05, 0.1) is 13.2 Å². The molecule has 43 heavy (non-hydrogen) atoms. The number of hydrogen-bond acceptors (Lipinski definition) is 10. The van der Waals surface area contributed by atoms with Gasteiger partial charge in [0, 0.05) is 43.8 Å². The van der Waals surface area contributed by atoms with Crippen LogP contribution in [-0.2, 0) is 34.8 Å². The minimum absolute atomic E-state index is 0.0104. The molecule has 0 fully saturated rings. The normalized spacial score (nSPS) is 12.7. The van der Waals surface area contributed by atoms with Crippen LogP contribution in [0.3, 0.4) is 0 Å². The van der Waals surface area contributed by atoms with E-state index in [4.69, 9.17) is 34.8 Å². The first-order valence-corrected chi connectivity index (χ1v) is 30.9. The van der Waals surface area contributed by atoms with Crippen LogP contribution < -0.4 is 10.6 Å². The summed E-state index contributed by atoms with van der Waals surface area (Å²) in [6, 6.07) is 1.30. The molecule has 0 aliphatic carbocycles. The van der Waals surface area contributed by atoms with Gasteiger partial charge in [-0.2, -0.15) is 0 Å². The molecular formula is C25H62N2O10Si6. The fraction of sp³-hybridized carbons (Fsp3) is 0.920. The Hall–Kier alpha value is -0.399. The topological polar surface area (TPSA) is 132 Å². The van der Waals surface area contributed by atoms with Gasteiger partial charge in [0.25, 0.3) is 0 Å². The number of hydrogen-bond donors (Lipinski definition) is 2. The zero-order valence-corrected chi connectivity index (χ0v) is 35.5. The number of carbonyl (C=O) groups is 2. The molecule has 256 valence electrons. The minimum Gasteiger partial charge on any atom is -0.449 e. The van der Waals surface area contributed by atoms with Crippen molar-refractivity contribution in [1.82, 2.24) is 10.6 Å². The van der Waals surface area contributed by atoms with Gasteiger partial charge in [0.2, 0.25) is 0 Å². The fourth-order valence-corrected chi connectivity index (χ4v) is 22.8. The second kappa shape index (κ2) is 23.0. The maximum atomic E-state index is 12.1. The molecule has 0 spiro atoms. The first-order chi connectivity index (χ1) is 20.0. The molecule has 0 aromatic heterocycles. The molecule has 0 heterocycles. The zero-order valence-electron chi connectivity index (χ0n) is 28.9. The Morgan fingerprint density at radius 1 is 0.558 bits per heavy atom. The van der Waals surface area contributed by atoms with Crippen molar-refractivity contribution in [2.45, 2.75) is 124 Å². The number of ether oxygens (including phenoxy) is 2. The van der Waals surface area contributed by atoms with Gasteiger partial charge in [-0.1, -0.05) is 0 Å². The van der Waals surface area contributed by atoms with E-state index in [1.165, 1.54) is 0 Å². The van der Waals surface area contributed by atoms with E-state index >= 15 is 0 Å². The number of amides is 2. The Bertz CT molecular complexity index is 653. The van der Waals surface area contributed by atoms with Gasteiger partial charge < -0.3 is 45.4 Å². The van der Waals surface area contributed by atoms with Crippen LogP contribution in [0.5, 0.6) is 0 Å². The third-order valence-electron chi connectivity index (χ3n) is 5.10. The van der Waals surface area contributed by atoms with E-state index in [0.29, 0.717) is 44.4 Å². The summed E-state index contributed by atoms with van der Waals surface area (Å²) < 4.78 is 48.2. The summed E-state index contributed by atoms with van der Waals surface area (Å²) >= 11 is 0. The van der Waals surface area contributed by atoms with Crippen molar-refractivity contribution >= 4 is 66.0 Å². The Labute approximate surface area is 270 Å². The Balaban J connectivity index is 4.36. The molecule has 12 nitrogen and oxygen atoms in total. The van der Waals surface area contributed by atoms with E-state index in [0.717, 1.165) is 0 Å². The highest BCUT2D eigenvalue weighted by atomic mass is 28.5. The average molecular weight is 719 g/mol. The molecule has 0 saturated heterocycles. The molecule has 2 N–H and O–H groups in total. The van der Waals surface area contributed by atoms with Gasteiger partial charge in [-0.25, -0.2) is 9.59 Å². The third-order valence-corrected chi connectivity index (χ3v) is 22.0. The predicted octanol–water partition coefficient (Wildman–Crippen LogP) is 4.34. The fourth-order valence-electron chi connectivity index (χ4n) is 4.16. The van der Waals surface area contributed by atoms with Gasteiger partial charge in [-0.15, -0.1) is 0 Å². The van der Waals surface area contributed by atoms with Crippen LogP contribution in [0.1, 0.15) is 47.0 Å². The summed E-state index contributed by atoms with van der Waals surface area (Å²) in [6.45, 7) is 26.0. The first-order valence-electron chi connectivity index (χ1n) is 15.9. The molecule has 0 aromatic carbocycles. The number of carbonyl (C=O) groups excluding carboxylic acids is 2. The summed E-state index contributed by atoms with van der Waals surface area (Å²) in [5, 5.41) is 5.54. The van der Waals surface area contributed by atoms with Crippen LogP contribution in [0.15, 0.2) is 0 Å². The molecule has 0 saturated carbocycles. The monoisotopic (exact) mass is 718 g/mol. The standard InChI is InChI=1S/C25H62N2O10Si6/c1-22(2)32-42(34-38(5)6,35-39(7)8)20-13-16-26-24(28)30-18-15-19-31-25(29)27-17-14-21-43(33-23(3)4,36-40(9)10)37-41(11)12/h22-23,38-41H,13-21H2,1-12H3,(H,26,28)(H,27,29). The van der Waals surface area contributed by atoms with E-state index in [1.807, 2.05) is 27.7 Å². The lowest BCUT2D eigenvalue weighted by molar-refractivity contribution is 0.115. The third kappa shape index (κ3) is 22.7. The van der Waals surface area contributed by atoms with E-state index in [2.05, 4.69) is 63.0 Å². The van der Waals surface area contributed by atoms with Gasteiger partial charge in [0.15, 0.2) is 36.2 Å². The van der Waals surface area contributed by atoms with Crippen LogP contribution >= 0.6 is 0 Å². The number of alkyl carbamates (subject to hydrolysis) is 2. The predicted molar refractivity (Wildman–Crippen MR) is 186 cm³/mol. The molecule has 0 aliphatic heterocycles. The highest BCUT2D eigenvalue weighted by Crippen LogP contribution is 2.23. The molecule has 2 amide bonds.